The third-order valence-corrected chi connectivity index (χ3v) is 4.13. The van der Waals surface area contributed by atoms with Crippen LogP contribution in [0.25, 0.3) is 10.2 Å². The SMILES string of the molecule is Cc1cccc2sc(NC(=O)c3ccc(OC(F)(F)F)cc3)nc12. The highest BCUT2D eigenvalue weighted by atomic mass is 32.1. The third-order valence-electron chi connectivity index (χ3n) is 3.19. The average Bonchev–Trinajstić information content (AvgIpc) is 2.90. The zero-order valence-electron chi connectivity index (χ0n) is 12.3. The molecule has 0 spiro atoms. The first-order valence-electron chi connectivity index (χ1n) is 6.85. The van der Waals surface area contributed by atoms with Crippen LogP contribution in [-0.4, -0.2) is 17.3 Å². The van der Waals surface area contributed by atoms with Crippen LogP contribution in [0.1, 0.15) is 15.9 Å². The van der Waals surface area contributed by atoms with Gasteiger partial charge in [-0.1, -0.05) is 23.5 Å². The van der Waals surface area contributed by atoms with Crippen molar-refractivity contribution >= 4 is 32.6 Å². The maximum Gasteiger partial charge on any atom is 0.573 e. The first-order chi connectivity index (χ1) is 11.3. The zero-order valence-corrected chi connectivity index (χ0v) is 13.2. The number of aryl methyl sites for hydroxylation is 1. The fourth-order valence-electron chi connectivity index (χ4n) is 2.12. The molecule has 0 radical (unpaired) electrons. The zero-order chi connectivity index (χ0) is 17.3. The van der Waals surface area contributed by atoms with E-state index in [4.69, 9.17) is 0 Å². The van der Waals surface area contributed by atoms with Gasteiger partial charge in [-0.05, 0) is 42.8 Å². The Bertz CT molecular complexity index is 888. The molecule has 0 saturated carbocycles. The molecule has 4 nitrogen and oxygen atoms in total. The molecule has 24 heavy (non-hydrogen) atoms. The largest absolute Gasteiger partial charge is 0.573 e. The van der Waals surface area contributed by atoms with Crippen LogP contribution < -0.4 is 10.1 Å². The molecule has 2 aromatic carbocycles. The number of benzene rings is 2. The van der Waals surface area contributed by atoms with Gasteiger partial charge in [0.05, 0.1) is 10.2 Å². The summed E-state index contributed by atoms with van der Waals surface area (Å²) >= 11 is 1.33. The predicted molar refractivity (Wildman–Crippen MR) is 85.4 cm³/mol. The summed E-state index contributed by atoms with van der Waals surface area (Å²) in [6, 6.07) is 10.4. The van der Waals surface area contributed by atoms with Crippen LogP contribution in [0.4, 0.5) is 18.3 Å². The lowest BCUT2D eigenvalue weighted by atomic mass is 10.2. The molecule has 0 aliphatic carbocycles. The van der Waals surface area contributed by atoms with Crippen molar-refractivity contribution in [1.82, 2.24) is 4.98 Å². The summed E-state index contributed by atoms with van der Waals surface area (Å²) < 4.78 is 41.1. The third kappa shape index (κ3) is 3.65. The summed E-state index contributed by atoms with van der Waals surface area (Å²) in [5.41, 5.74) is 2.02. The van der Waals surface area contributed by atoms with E-state index in [0.717, 1.165) is 27.9 Å². The van der Waals surface area contributed by atoms with E-state index in [-0.39, 0.29) is 11.3 Å². The van der Waals surface area contributed by atoms with E-state index < -0.39 is 12.3 Å². The number of halogens is 3. The Kier molecular flexibility index (Phi) is 4.15. The standard InChI is InChI=1S/C16H11F3N2O2S/c1-9-3-2-4-12-13(9)20-15(24-12)21-14(22)10-5-7-11(8-6-10)23-16(17,18)19/h2-8H,1H3,(H,20,21,22). The molecule has 3 rings (SSSR count). The Morgan fingerprint density at radius 1 is 1.17 bits per heavy atom. The second-order valence-electron chi connectivity index (χ2n) is 4.97. The van der Waals surface area contributed by atoms with Crippen LogP contribution in [-0.2, 0) is 0 Å². The summed E-state index contributed by atoms with van der Waals surface area (Å²) in [7, 11) is 0. The number of thiazole rings is 1. The lowest BCUT2D eigenvalue weighted by Crippen LogP contribution is -2.17. The molecule has 0 fully saturated rings. The monoisotopic (exact) mass is 352 g/mol. The molecule has 1 heterocycles. The number of para-hydroxylation sites is 1. The van der Waals surface area contributed by atoms with Crippen molar-refractivity contribution in [1.29, 1.82) is 0 Å². The molecular formula is C16H11F3N2O2S. The number of anilines is 1. The van der Waals surface area contributed by atoms with E-state index in [9.17, 15) is 18.0 Å². The number of hydrogen-bond donors (Lipinski definition) is 1. The van der Waals surface area contributed by atoms with E-state index in [1.165, 1.54) is 23.5 Å². The quantitative estimate of drug-likeness (QED) is 0.740. The van der Waals surface area contributed by atoms with Gasteiger partial charge >= 0.3 is 6.36 Å². The number of amides is 1. The summed E-state index contributed by atoms with van der Waals surface area (Å²) in [5, 5.41) is 3.08. The highest BCUT2D eigenvalue weighted by Gasteiger charge is 2.31. The van der Waals surface area contributed by atoms with E-state index in [1.54, 1.807) is 0 Å². The summed E-state index contributed by atoms with van der Waals surface area (Å²) in [6.45, 7) is 1.92. The topological polar surface area (TPSA) is 51.2 Å². The minimum atomic E-state index is -4.76. The lowest BCUT2D eigenvalue weighted by molar-refractivity contribution is -0.274. The fraction of sp³-hybridized carbons (Fsp3) is 0.125. The van der Waals surface area contributed by atoms with Crippen LogP contribution >= 0.6 is 11.3 Å². The van der Waals surface area contributed by atoms with Gasteiger partial charge in [0.1, 0.15) is 5.75 Å². The second-order valence-corrected chi connectivity index (χ2v) is 6.00. The Morgan fingerprint density at radius 3 is 2.50 bits per heavy atom. The maximum atomic E-state index is 12.2. The highest BCUT2D eigenvalue weighted by Crippen LogP contribution is 2.28. The van der Waals surface area contributed by atoms with Gasteiger partial charge in [-0.25, -0.2) is 4.98 Å². The summed E-state index contributed by atoms with van der Waals surface area (Å²) in [4.78, 5) is 16.5. The number of nitrogens with zero attached hydrogens (tertiary/aromatic N) is 1. The maximum absolute atomic E-state index is 12.2. The first-order valence-corrected chi connectivity index (χ1v) is 7.67. The van der Waals surface area contributed by atoms with Crippen molar-refractivity contribution in [2.45, 2.75) is 13.3 Å². The van der Waals surface area contributed by atoms with Crippen LogP contribution in [0.15, 0.2) is 42.5 Å². The number of hydrogen-bond acceptors (Lipinski definition) is 4. The molecule has 1 amide bonds. The molecular weight excluding hydrogens is 341 g/mol. The molecule has 0 aliphatic rings. The van der Waals surface area contributed by atoms with Crippen LogP contribution in [0.2, 0.25) is 0 Å². The Hall–Kier alpha value is -2.61. The highest BCUT2D eigenvalue weighted by molar-refractivity contribution is 7.22. The smallest absolute Gasteiger partial charge is 0.406 e. The van der Waals surface area contributed by atoms with Crippen molar-refractivity contribution in [3.05, 3.63) is 53.6 Å². The molecule has 0 bridgehead atoms. The van der Waals surface area contributed by atoms with Gasteiger partial charge in [0.25, 0.3) is 5.91 Å². The number of carbonyl (C=O) groups excluding carboxylic acids is 1. The van der Waals surface area contributed by atoms with Gasteiger partial charge in [0, 0.05) is 5.56 Å². The van der Waals surface area contributed by atoms with Gasteiger partial charge in [-0.2, -0.15) is 0 Å². The van der Waals surface area contributed by atoms with Crippen molar-refractivity contribution in [2.75, 3.05) is 5.32 Å². The molecule has 8 heteroatoms. The van der Waals surface area contributed by atoms with Gasteiger partial charge in [-0.3, -0.25) is 10.1 Å². The number of rotatable bonds is 3. The summed E-state index contributed by atoms with van der Waals surface area (Å²) in [5.74, 6) is -0.833. The lowest BCUT2D eigenvalue weighted by Gasteiger charge is -2.09. The first kappa shape index (κ1) is 16.3. The van der Waals surface area contributed by atoms with Gasteiger partial charge < -0.3 is 4.74 Å². The predicted octanol–water partition coefficient (Wildman–Crippen LogP) is 4.76. The molecule has 1 N–H and O–H groups in total. The van der Waals surface area contributed by atoms with Crippen molar-refractivity contribution < 1.29 is 22.7 Å². The van der Waals surface area contributed by atoms with E-state index in [2.05, 4.69) is 15.0 Å². The van der Waals surface area contributed by atoms with Crippen LogP contribution in [0.3, 0.4) is 0 Å². The Morgan fingerprint density at radius 2 is 1.88 bits per heavy atom. The molecule has 124 valence electrons. The molecule has 0 saturated heterocycles. The number of fused-ring (bicyclic) bond motifs is 1. The Balaban J connectivity index is 1.75. The fourth-order valence-corrected chi connectivity index (χ4v) is 3.06. The molecule has 3 aromatic rings. The number of carbonyl (C=O) groups is 1. The number of nitrogens with one attached hydrogen (secondary N) is 1. The average molecular weight is 352 g/mol. The van der Waals surface area contributed by atoms with Gasteiger partial charge in [0.15, 0.2) is 5.13 Å². The Labute approximate surface area is 138 Å². The summed E-state index contributed by atoms with van der Waals surface area (Å²) in [6.07, 6.45) is -4.76. The number of alkyl halides is 3. The van der Waals surface area contributed by atoms with E-state index in [1.807, 2.05) is 25.1 Å². The van der Waals surface area contributed by atoms with E-state index >= 15 is 0 Å². The molecule has 0 unspecified atom stereocenters. The minimum absolute atomic E-state index is 0.209. The van der Waals surface area contributed by atoms with Crippen molar-refractivity contribution in [3.63, 3.8) is 0 Å². The second kappa shape index (κ2) is 6.12. The normalized spacial score (nSPS) is 11.5. The molecule has 0 aliphatic heterocycles. The minimum Gasteiger partial charge on any atom is -0.406 e. The molecule has 1 aromatic heterocycles. The number of aromatic nitrogens is 1. The van der Waals surface area contributed by atoms with Gasteiger partial charge in [-0.15, -0.1) is 13.2 Å². The van der Waals surface area contributed by atoms with Crippen LogP contribution in [0.5, 0.6) is 5.75 Å². The molecule has 0 atom stereocenters. The van der Waals surface area contributed by atoms with E-state index in [0.29, 0.717) is 5.13 Å². The van der Waals surface area contributed by atoms with Gasteiger partial charge in [0.2, 0.25) is 0 Å². The van der Waals surface area contributed by atoms with Crippen molar-refractivity contribution in [2.24, 2.45) is 0 Å². The number of ether oxygens (including phenoxy) is 1. The van der Waals surface area contributed by atoms with Crippen molar-refractivity contribution in [3.8, 4) is 5.75 Å². The van der Waals surface area contributed by atoms with Crippen LogP contribution in [0, 0.1) is 6.92 Å².